The number of rotatable bonds is 8. The summed E-state index contributed by atoms with van der Waals surface area (Å²) in [6, 6.07) is 7.96. The summed E-state index contributed by atoms with van der Waals surface area (Å²) in [7, 11) is -3.83. The van der Waals surface area contributed by atoms with E-state index in [4.69, 9.17) is 9.56 Å². The minimum absolute atomic E-state index is 0. The molecule has 0 saturated carbocycles. The molecule has 2 aromatic heterocycles. The number of sulfonamides is 1. The molecule has 0 radical (unpaired) electrons. The van der Waals surface area contributed by atoms with Crippen LogP contribution in [0.2, 0.25) is 0 Å². The van der Waals surface area contributed by atoms with E-state index in [1.807, 2.05) is 4.57 Å². The molecule has 190 valence electrons. The zero-order valence-corrected chi connectivity index (χ0v) is 21.7. The van der Waals surface area contributed by atoms with Gasteiger partial charge in [0.25, 0.3) is 5.91 Å². The maximum atomic E-state index is 12.9. The van der Waals surface area contributed by atoms with E-state index in [1.165, 1.54) is 30.2 Å². The molecule has 0 unspecified atom stereocenters. The average molecular weight is 542 g/mol. The van der Waals surface area contributed by atoms with Gasteiger partial charge >= 0.3 is 0 Å². The second-order valence-corrected chi connectivity index (χ2v) is 10.5. The smallest absolute Gasteiger partial charge is 0.289 e. The second-order valence-electron chi connectivity index (χ2n) is 8.03. The van der Waals surface area contributed by atoms with E-state index in [2.05, 4.69) is 11.9 Å². The number of primary sulfonamides is 1. The van der Waals surface area contributed by atoms with Crippen molar-refractivity contribution in [3.63, 3.8) is 0 Å². The van der Waals surface area contributed by atoms with Crippen molar-refractivity contribution in [3.05, 3.63) is 42.4 Å². The van der Waals surface area contributed by atoms with Gasteiger partial charge in [-0.3, -0.25) is 9.59 Å². The molecule has 35 heavy (non-hydrogen) atoms. The third kappa shape index (κ3) is 6.18. The molecule has 0 bridgehead atoms. The van der Waals surface area contributed by atoms with Gasteiger partial charge in [0.05, 0.1) is 27.9 Å². The minimum Gasteiger partial charge on any atom is -0.459 e. The number of furan rings is 1. The van der Waals surface area contributed by atoms with Crippen LogP contribution < -0.4 is 5.14 Å². The number of fused-ring (bicyclic) bond motifs is 1. The number of piperazine rings is 1. The van der Waals surface area contributed by atoms with Gasteiger partial charge in [0.15, 0.2) is 10.9 Å². The van der Waals surface area contributed by atoms with Crippen molar-refractivity contribution >= 4 is 57.0 Å². The van der Waals surface area contributed by atoms with Gasteiger partial charge < -0.3 is 18.8 Å². The number of thioether (sulfide) groups is 1. The molecule has 3 aromatic rings. The number of amides is 2. The van der Waals surface area contributed by atoms with Gasteiger partial charge in [0, 0.05) is 32.7 Å². The van der Waals surface area contributed by atoms with Crippen molar-refractivity contribution in [2.24, 2.45) is 5.14 Å². The summed E-state index contributed by atoms with van der Waals surface area (Å²) in [6.45, 7) is 4.60. The maximum absolute atomic E-state index is 12.9. The van der Waals surface area contributed by atoms with Gasteiger partial charge in [-0.1, -0.05) is 25.1 Å². The zero-order valence-electron chi connectivity index (χ0n) is 19.3. The SMILES string of the molecule is CCCCn1c(SCC(=O)N2CCN(C(=O)c3ccco3)CC2)nc2cc(S(N)(=O)=O)ccc21.Cl. The number of carbonyl (C=O) groups excluding carboxylic acids is 2. The second kappa shape index (κ2) is 11.5. The molecule has 4 rings (SSSR count). The van der Waals surface area contributed by atoms with Crippen molar-refractivity contribution in [1.29, 1.82) is 0 Å². The van der Waals surface area contributed by atoms with Crippen molar-refractivity contribution in [2.75, 3.05) is 31.9 Å². The lowest BCUT2D eigenvalue weighted by atomic mass is 10.3. The van der Waals surface area contributed by atoms with Gasteiger partial charge in [0.1, 0.15) is 0 Å². The summed E-state index contributed by atoms with van der Waals surface area (Å²) < 4.78 is 30.6. The van der Waals surface area contributed by atoms with Crippen molar-refractivity contribution in [1.82, 2.24) is 19.4 Å². The third-order valence-corrected chi connectivity index (χ3v) is 7.60. The molecule has 10 nitrogen and oxygen atoms in total. The standard InChI is InChI=1S/C22H27N5O5S2.ClH/c1-2-3-8-27-18-7-6-16(34(23,30)31)14-17(18)24-22(27)33-15-20(28)25-9-11-26(12-10-25)21(29)19-5-4-13-32-19;/h4-7,13-14H,2-3,8-12,15H2,1H3,(H2,23,30,31);1H. The van der Waals surface area contributed by atoms with E-state index < -0.39 is 10.0 Å². The molecule has 1 aliphatic rings. The summed E-state index contributed by atoms with van der Waals surface area (Å²) in [5.41, 5.74) is 1.34. The maximum Gasteiger partial charge on any atom is 0.289 e. The number of aromatic nitrogens is 2. The molecule has 1 aromatic carbocycles. The van der Waals surface area contributed by atoms with Gasteiger partial charge in [-0.15, -0.1) is 12.4 Å². The van der Waals surface area contributed by atoms with Crippen LogP contribution in [0.4, 0.5) is 0 Å². The highest BCUT2D eigenvalue weighted by atomic mass is 35.5. The molecular weight excluding hydrogens is 514 g/mol. The van der Waals surface area contributed by atoms with Crippen LogP contribution in [0.25, 0.3) is 11.0 Å². The number of carbonyl (C=O) groups is 2. The van der Waals surface area contributed by atoms with E-state index in [9.17, 15) is 18.0 Å². The van der Waals surface area contributed by atoms with E-state index in [1.54, 1.807) is 28.0 Å². The topological polar surface area (TPSA) is 132 Å². The number of halogens is 1. The van der Waals surface area contributed by atoms with Crippen molar-refractivity contribution in [3.8, 4) is 0 Å². The van der Waals surface area contributed by atoms with Crippen LogP contribution >= 0.6 is 24.2 Å². The highest BCUT2D eigenvalue weighted by molar-refractivity contribution is 7.99. The highest BCUT2D eigenvalue weighted by Gasteiger charge is 2.26. The predicted molar refractivity (Wildman–Crippen MR) is 135 cm³/mol. The Balaban J connectivity index is 0.00000342. The lowest BCUT2D eigenvalue weighted by Gasteiger charge is -2.34. The van der Waals surface area contributed by atoms with Crippen molar-refractivity contribution in [2.45, 2.75) is 36.4 Å². The average Bonchev–Trinajstić information content (AvgIpc) is 3.48. The van der Waals surface area contributed by atoms with Gasteiger partial charge in [-0.2, -0.15) is 0 Å². The number of nitrogens with zero attached hydrogens (tertiary/aromatic N) is 4. The van der Waals surface area contributed by atoms with Gasteiger partial charge in [-0.05, 0) is 36.8 Å². The van der Waals surface area contributed by atoms with Crippen molar-refractivity contribution < 1.29 is 22.4 Å². The number of hydrogen-bond acceptors (Lipinski definition) is 7. The molecule has 0 spiro atoms. The summed E-state index contributed by atoms with van der Waals surface area (Å²) >= 11 is 1.33. The van der Waals surface area contributed by atoms with E-state index >= 15 is 0 Å². The van der Waals surface area contributed by atoms with E-state index in [0.29, 0.717) is 49.2 Å². The normalized spacial score (nSPS) is 14.2. The number of nitrogens with two attached hydrogens (primary N) is 1. The molecule has 13 heteroatoms. The number of imidazole rings is 1. The Kier molecular flexibility index (Phi) is 8.86. The van der Waals surface area contributed by atoms with Gasteiger partial charge in [-0.25, -0.2) is 18.5 Å². The Labute approximate surface area is 214 Å². The van der Waals surface area contributed by atoms with Crippen LogP contribution in [0, 0.1) is 0 Å². The summed E-state index contributed by atoms with van der Waals surface area (Å²) in [5.74, 6) is 0.292. The van der Waals surface area contributed by atoms with E-state index in [-0.39, 0.29) is 34.9 Å². The molecule has 1 fully saturated rings. The summed E-state index contributed by atoms with van der Waals surface area (Å²) in [4.78, 5) is 33.3. The Bertz CT molecular complexity index is 1290. The number of unbranched alkanes of at least 4 members (excludes halogenated alkanes) is 1. The van der Waals surface area contributed by atoms with Crippen LogP contribution in [0.15, 0.2) is 51.1 Å². The summed E-state index contributed by atoms with van der Waals surface area (Å²) in [5, 5.41) is 5.92. The first-order valence-corrected chi connectivity index (χ1v) is 13.6. The molecule has 1 saturated heterocycles. The highest BCUT2D eigenvalue weighted by Crippen LogP contribution is 2.27. The molecule has 0 aliphatic carbocycles. The first-order valence-electron chi connectivity index (χ1n) is 11.0. The van der Waals surface area contributed by atoms with Crippen LogP contribution in [-0.2, 0) is 21.4 Å². The largest absolute Gasteiger partial charge is 0.459 e. The summed E-state index contributed by atoms with van der Waals surface area (Å²) in [6.07, 6.45) is 3.38. The quantitative estimate of drug-likeness (QED) is 0.433. The number of benzene rings is 1. The minimum atomic E-state index is -3.83. The fraction of sp³-hybridized carbons (Fsp3) is 0.409. The Morgan fingerprint density at radius 3 is 2.49 bits per heavy atom. The number of aryl methyl sites for hydroxylation is 1. The monoisotopic (exact) mass is 541 g/mol. The molecule has 0 atom stereocenters. The van der Waals surface area contributed by atoms with Crippen LogP contribution in [0.5, 0.6) is 0 Å². The molecule has 1 aliphatic heterocycles. The van der Waals surface area contributed by atoms with Crippen LogP contribution in [0.1, 0.15) is 30.3 Å². The zero-order chi connectivity index (χ0) is 24.3. The first kappa shape index (κ1) is 27.1. The predicted octanol–water partition coefficient (Wildman–Crippen LogP) is 2.58. The molecular formula is C22H28ClN5O5S2. The fourth-order valence-electron chi connectivity index (χ4n) is 3.84. The Morgan fingerprint density at radius 1 is 1.14 bits per heavy atom. The van der Waals surface area contributed by atoms with Crippen LogP contribution in [-0.4, -0.2) is 71.5 Å². The molecule has 2 amide bonds. The Hall–Kier alpha value is -2.54. The van der Waals surface area contributed by atoms with Gasteiger partial charge in [0.2, 0.25) is 15.9 Å². The van der Waals surface area contributed by atoms with Crippen LogP contribution in [0.3, 0.4) is 0 Å². The fourth-order valence-corrected chi connectivity index (χ4v) is 5.32. The lowest BCUT2D eigenvalue weighted by Crippen LogP contribution is -2.51. The molecule has 2 N–H and O–H groups in total. The Morgan fingerprint density at radius 2 is 1.86 bits per heavy atom. The van der Waals surface area contributed by atoms with E-state index in [0.717, 1.165) is 18.4 Å². The third-order valence-electron chi connectivity index (χ3n) is 5.72. The number of hydrogen-bond donors (Lipinski definition) is 1. The lowest BCUT2D eigenvalue weighted by molar-refractivity contribution is -0.129. The molecule has 3 heterocycles. The first-order chi connectivity index (χ1) is 16.3.